The van der Waals surface area contributed by atoms with Crippen LogP contribution in [0.4, 0.5) is 0 Å². The quantitative estimate of drug-likeness (QED) is 0.770. The fourth-order valence-electron chi connectivity index (χ4n) is 1.52. The molecule has 0 fully saturated rings. The molecular weight excluding hydrogens is 220 g/mol. The lowest BCUT2D eigenvalue weighted by Gasteiger charge is -2.03. The van der Waals surface area contributed by atoms with Crippen LogP contribution in [0.1, 0.15) is 18.7 Å². The number of carbonyl (C=O) groups excluding carboxylic acids is 1. The Morgan fingerprint density at radius 3 is 3.12 bits per heavy atom. The van der Waals surface area contributed by atoms with Gasteiger partial charge in [-0.3, -0.25) is 9.20 Å². The maximum absolute atomic E-state index is 11.4. The van der Waals surface area contributed by atoms with Crippen molar-refractivity contribution in [1.29, 1.82) is 0 Å². The van der Waals surface area contributed by atoms with Gasteiger partial charge < -0.3 is 10.4 Å². The van der Waals surface area contributed by atoms with Crippen molar-refractivity contribution in [2.24, 2.45) is 0 Å². The topological polar surface area (TPSA) is 79.5 Å². The van der Waals surface area contributed by atoms with E-state index in [0.717, 1.165) is 5.65 Å². The first kappa shape index (κ1) is 11.5. The van der Waals surface area contributed by atoms with E-state index in [2.05, 4.69) is 15.5 Å². The van der Waals surface area contributed by atoms with Crippen LogP contribution in [-0.2, 0) is 11.3 Å². The number of pyridine rings is 1. The van der Waals surface area contributed by atoms with Gasteiger partial charge in [0, 0.05) is 19.2 Å². The summed E-state index contributed by atoms with van der Waals surface area (Å²) in [6.07, 6.45) is 2.66. The van der Waals surface area contributed by atoms with Gasteiger partial charge in [-0.2, -0.15) is 0 Å². The van der Waals surface area contributed by atoms with Gasteiger partial charge in [-0.15, -0.1) is 10.2 Å². The third-order valence-electron chi connectivity index (χ3n) is 2.39. The van der Waals surface area contributed by atoms with Gasteiger partial charge in [0.2, 0.25) is 5.91 Å². The maximum atomic E-state index is 11.4. The summed E-state index contributed by atoms with van der Waals surface area (Å²) < 4.78 is 1.83. The number of fused-ring (bicyclic) bond motifs is 1. The van der Waals surface area contributed by atoms with Gasteiger partial charge in [0.25, 0.3) is 0 Å². The zero-order valence-electron chi connectivity index (χ0n) is 9.33. The predicted molar refractivity (Wildman–Crippen MR) is 61.2 cm³/mol. The fraction of sp³-hybridized carbons (Fsp3) is 0.364. The van der Waals surface area contributed by atoms with Crippen molar-refractivity contribution in [3.05, 3.63) is 30.2 Å². The van der Waals surface area contributed by atoms with E-state index >= 15 is 0 Å². The molecule has 0 aliphatic carbocycles. The molecule has 0 aliphatic heterocycles. The van der Waals surface area contributed by atoms with E-state index in [4.69, 9.17) is 5.11 Å². The van der Waals surface area contributed by atoms with Gasteiger partial charge in [-0.1, -0.05) is 6.07 Å². The van der Waals surface area contributed by atoms with Crippen LogP contribution >= 0.6 is 0 Å². The minimum atomic E-state index is -0.0910. The smallest absolute Gasteiger partial charge is 0.220 e. The van der Waals surface area contributed by atoms with Crippen LogP contribution in [0.5, 0.6) is 0 Å². The number of hydrogen-bond acceptors (Lipinski definition) is 4. The summed E-state index contributed by atoms with van der Waals surface area (Å²) in [6.45, 7) is 0.372. The van der Waals surface area contributed by atoms with Crippen molar-refractivity contribution < 1.29 is 9.90 Å². The zero-order valence-corrected chi connectivity index (χ0v) is 9.33. The van der Waals surface area contributed by atoms with Crippen LogP contribution in [0.3, 0.4) is 0 Å². The van der Waals surface area contributed by atoms with Crippen LogP contribution in [0.15, 0.2) is 24.4 Å². The number of nitrogens with one attached hydrogen (secondary N) is 1. The highest BCUT2D eigenvalue weighted by Crippen LogP contribution is 2.02. The third-order valence-corrected chi connectivity index (χ3v) is 2.39. The molecule has 2 heterocycles. The summed E-state index contributed by atoms with van der Waals surface area (Å²) in [5, 5.41) is 19.3. The van der Waals surface area contributed by atoms with Gasteiger partial charge >= 0.3 is 0 Å². The van der Waals surface area contributed by atoms with Crippen LogP contribution in [0.2, 0.25) is 0 Å². The number of hydrogen-bond donors (Lipinski definition) is 2. The largest absolute Gasteiger partial charge is 0.396 e. The Hall–Kier alpha value is -1.95. The molecule has 2 rings (SSSR count). The van der Waals surface area contributed by atoms with Crippen molar-refractivity contribution in [2.75, 3.05) is 6.61 Å². The molecule has 17 heavy (non-hydrogen) atoms. The van der Waals surface area contributed by atoms with Crippen LogP contribution in [-0.4, -0.2) is 32.2 Å². The van der Waals surface area contributed by atoms with Gasteiger partial charge in [0.15, 0.2) is 11.5 Å². The highest BCUT2D eigenvalue weighted by Gasteiger charge is 2.06. The summed E-state index contributed by atoms with van der Waals surface area (Å²) in [4.78, 5) is 11.4. The minimum Gasteiger partial charge on any atom is -0.396 e. The molecule has 1 amide bonds. The van der Waals surface area contributed by atoms with Crippen molar-refractivity contribution in [2.45, 2.75) is 19.4 Å². The normalized spacial score (nSPS) is 10.6. The second-order valence-electron chi connectivity index (χ2n) is 3.65. The summed E-state index contributed by atoms with van der Waals surface area (Å²) >= 11 is 0. The standard InChI is InChI=1S/C11H14N4O2/c16-7-3-5-11(17)12-8-10-14-13-9-4-1-2-6-15(9)10/h1-2,4,6,16H,3,5,7-8H2,(H,12,17). The lowest BCUT2D eigenvalue weighted by molar-refractivity contribution is -0.121. The van der Waals surface area contributed by atoms with Gasteiger partial charge in [0.1, 0.15) is 0 Å². The van der Waals surface area contributed by atoms with E-state index in [1.54, 1.807) is 0 Å². The van der Waals surface area contributed by atoms with Crippen LogP contribution in [0.25, 0.3) is 5.65 Å². The number of rotatable bonds is 5. The van der Waals surface area contributed by atoms with E-state index < -0.39 is 0 Å². The molecule has 0 saturated carbocycles. The van der Waals surface area contributed by atoms with E-state index in [1.807, 2.05) is 28.8 Å². The minimum absolute atomic E-state index is 0.0291. The summed E-state index contributed by atoms with van der Waals surface area (Å²) in [6, 6.07) is 5.62. The fourth-order valence-corrected chi connectivity index (χ4v) is 1.52. The molecule has 6 nitrogen and oxygen atoms in total. The molecule has 0 aromatic carbocycles. The predicted octanol–water partition coefficient (Wildman–Crippen LogP) is 0.118. The molecule has 0 aliphatic rings. The highest BCUT2D eigenvalue weighted by molar-refractivity contribution is 5.75. The van der Waals surface area contributed by atoms with Gasteiger partial charge in [-0.05, 0) is 18.6 Å². The molecule has 0 atom stereocenters. The van der Waals surface area contributed by atoms with Crippen molar-refractivity contribution >= 4 is 11.6 Å². The van der Waals surface area contributed by atoms with Crippen molar-refractivity contribution in [3.8, 4) is 0 Å². The average Bonchev–Trinajstić information content (AvgIpc) is 2.77. The molecule has 0 bridgehead atoms. The molecule has 0 saturated heterocycles. The van der Waals surface area contributed by atoms with Crippen molar-refractivity contribution in [3.63, 3.8) is 0 Å². The zero-order chi connectivity index (χ0) is 12.1. The van der Waals surface area contributed by atoms with E-state index in [0.29, 0.717) is 25.2 Å². The Labute approximate surface area is 98.3 Å². The number of aromatic nitrogens is 3. The summed E-state index contributed by atoms with van der Waals surface area (Å²) in [7, 11) is 0. The lowest BCUT2D eigenvalue weighted by atomic mass is 10.3. The Kier molecular flexibility index (Phi) is 3.66. The second kappa shape index (κ2) is 5.40. The number of aliphatic hydroxyl groups is 1. The highest BCUT2D eigenvalue weighted by atomic mass is 16.3. The van der Waals surface area contributed by atoms with Gasteiger partial charge in [-0.25, -0.2) is 0 Å². The second-order valence-corrected chi connectivity index (χ2v) is 3.65. The van der Waals surface area contributed by atoms with E-state index in [-0.39, 0.29) is 12.5 Å². The molecule has 2 aromatic rings. The number of amides is 1. The molecule has 90 valence electrons. The first-order valence-electron chi connectivity index (χ1n) is 5.47. The summed E-state index contributed by atoms with van der Waals surface area (Å²) in [5.74, 6) is 0.602. The molecule has 2 N–H and O–H groups in total. The molecular formula is C11H14N4O2. The Morgan fingerprint density at radius 1 is 1.41 bits per heavy atom. The van der Waals surface area contributed by atoms with Gasteiger partial charge in [0.05, 0.1) is 6.54 Å². The SMILES string of the molecule is O=C(CCCO)NCc1nnc2ccccn12. The van der Waals surface area contributed by atoms with Crippen LogP contribution < -0.4 is 5.32 Å². The number of nitrogens with zero attached hydrogens (tertiary/aromatic N) is 3. The van der Waals surface area contributed by atoms with E-state index in [1.165, 1.54) is 0 Å². The Morgan fingerprint density at radius 2 is 2.29 bits per heavy atom. The average molecular weight is 234 g/mol. The molecule has 0 radical (unpaired) electrons. The maximum Gasteiger partial charge on any atom is 0.220 e. The lowest BCUT2D eigenvalue weighted by Crippen LogP contribution is -2.23. The molecule has 6 heteroatoms. The molecule has 0 spiro atoms. The molecule has 0 unspecified atom stereocenters. The Bertz CT molecular complexity index is 509. The molecule has 2 aromatic heterocycles. The monoisotopic (exact) mass is 234 g/mol. The van der Waals surface area contributed by atoms with Crippen molar-refractivity contribution in [1.82, 2.24) is 19.9 Å². The third kappa shape index (κ3) is 2.79. The Balaban J connectivity index is 1.97. The van der Waals surface area contributed by atoms with E-state index in [9.17, 15) is 4.79 Å². The first-order valence-corrected chi connectivity index (χ1v) is 5.47. The first-order chi connectivity index (χ1) is 8.31. The number of carbonyl (C=O) groups is 1. The van der Waals surface area contributed by atoms with Crippen LogP contribution in [0, 0.1) is 0 Å². The summed E-state index contributed by atoms with van der Waals surface area (Å²) in [5.41, 5.74) is 0.757. The number of aliphatic hydroxyl groups excluding tert-OH is 1.